The molecular weight excluding hydrogens is 266 g/mol. The Kier molecular flexibility index (Phi) is 3.49. The van der Waals surface area contributed by atoms with E-state index in [9.17, 15) is 8.42 Å². The van der Waals surface area contributed by atoms with Crippen LogP contribution in [0.1, 0.15) is 10.9 Å². The number of hydrogen-bond donors (Lipinski definition) is 0. The summed E-state index contributed by atoms with van der Waals surface area (Å²) in [5.41, 5.74) is 0.872. The molecule has 1 heterocycles. The zero-order valence-electron chi connectivity index (χ0n) is 8.76. The molecule has 1 atom stereocenters. The van der Waals surface area contributed by atoms with Crippen LogP contribution in [0.3, 0.4) is 0 Å². The van der Waals surface area contributed by atoms with E-state index in [1.165, 1.54) is 10.6 Å². The van der Waals surface area contributed by atoms with E-state index >= 15 is 0 Å². The number of nitrogens with zero attached hydrogens (tertiary/aromatic N) is 1. The first kappa shape index (κ1) is 12.2. The van der Waals surface area contributed by atoms with Crippen molar-refractivity contribution >= 4 is 33.4 Å². The van der Waals surface area contributed by atoms with Crippen LogP contribution in [0.4, 0.5) is 0 Å². The molecule has 0 aliphatic carbocycles. The molecule has 0 spiro atoms. The summed E-state index contributed by atoms with van der Waals surface area (Å²) < 4.78 is 24.7. The Morgan fingerprint density at radius 3 is 2.75 bits per heavy atom. The topological polar surface area (TPSA) is 37.4 Å². The van der Waals surface area contributed by atoms with Gasteiger partial charge in [-0.3, -0.25) is 0 Å². The van der Waals surface area contributed by atoms with Gasteiger partial charge >= 0.3 is 0 Å². The van der Waals surface area contributed by atoms with E-state index in [1.807, 2.05) is 18.2 Å². The molecule has 1 aliphatic heterocycles. The van der Waals surface area contributed by atoms with Gasteiger partial charge in [-0.2, -0.15) is 4.31 Å². The lowest BCUT2D eigenvalue weighted by Crippen LogP contribution is -2.29. The largest absolute Gasteiger partial charge is 0.212 e. The predicted molar refractivity (Wildman–Crippen MR) is 68.2 cm³/mol. The lowest BCUT2D eigenvalue weighted by Gasteiger charge is -2.22. The third-order valence-electron chi connectivity index (χ3n) is 2.45. The first-order valence-electron chi connectivity index (χ1n) is 4.83. The Morgan fingerprint density at radius 1 is 1.44 bits per heavy atom. The molecule has 16 heavy (non-hydrogen) atoms. The van der Waals surface area contributed by atoms with Crippen LogP contribution >= 0.6 is 23.4 Å². The fraction of sp³-hybridized carbons (Fsp3) is 0.400. The van der Waals surface area contributed by atoms with Gasteiger partial charge in [0.2, 0.25) is 10.0 Å². The molecule has 0 N–H and O–H groups in total. The summed E-state index contributed by atoms with van der Waals surface area (Å²) in [5, 5.41) is 0.444. The maximum absolute atomic E-state index is 11.6. The van der Waals surface area contributed by atoms with Crippen LogP contribution in [0.15, 0.2) is 24.3 Å². The zero-order chi connectivity index (χ0) is 11.8. The molecule has 0 amide bonds. The van der Waals surface area contributed by atoms with Crippen molar-refractivity contribution in [3.05, 3.63) is 34.9 Å². The van der Waals surface area contributed by atoms with E-state index in [2.05, 4.69) is 0 Å². The molecule has 0 saturated carbocycles. The molecule has 0 bridgehead atoms. The third-order valence-corrected chi connectivity index (χ3v) is 5.41. The summed E-state index contributed by atoms with van der Waals surface area (Å²) in [5.74, 6) is 0.808. The molecule has 1 aromatic rings. The minimum Gasteiger partial charge on any atom is -0.212 e. The average Bonchev–Trinajstić information content (AvgIpc) is 2.66. The Hall–Kier alpha value is -0.230. The maximum Gasteiger partial charge on any atom is 0.212 e. The number of benzene rings is 1. The Balaban J connectivity index is 2.38. The van der Waals surface area contributed by atoms with Crippen LogP contribution < -0.4 is 0 Å². The van der Waals surface area contributed by atoms with E-state index in [0.717, 1.165) is 11.3 Å². The molecule has 3 nitrogen and oxygen atoms in total. The van der Waals surface area contributed by atoms with Crippen molar-refractivity contribution in [2.75, 3.05) is 18.6 Å². The smallest absolute Gasteiger partial charge is 0.212 e. The van der Waals surface area contributed by atoms with Crippen LogP contribution in [-0.4, -0.2) is 31.3 Å². The van der Waals surface area contributed by atoms with Gasteiger partial charge in [-0.05, 0) is 11.6 Å². The SMILES string of the molecule is CS(=O)(=O)N1CCS[C@@H]1c1ccccc1Cl. The number of thioether (sulfide) groups is 1. The monoisotopic (exact) mass is 277 g/mol. The van der Waals surface area contributed by atoms with Gasteiger partial charge < -0.3 is 0 Å². The molecule has 1 aliphatic rings. The van der Waals surface area contributed by atoms with E-state index in [0.29, 0.717) is 11.6 Å². The third kappa shape index (κ3) is 2.37. The zero-order valence-corrected chi connectivity index (χ0v) is 11.1. The lowest BCUT2D eigenvalue weighted by molar-refractivity contribution is 0.439. The van der Waals surface area contributed by atoms with Gasteiger partial charge in [-0.25, -0.2) is 8.42 Å². The van der Waals surface area contributed by atoms with Crippen LogP contribution in [0, 0.1) is 0 Å². The van der Waals surface area contributed by atoms with Crippen LogP contribution in [-0.2, 0) is 10.0 Å². The first-order chi connectivity index (χ1) is 7.50. The molecule has 6 heteroatoms. The van der Waals surface area contributed by atoms with Gasteiger partial charge in [0.15, 0.2) is 0 Å². The van der Waals surface area contributed by atoms with Gasteiger partial charge in [0, 0.05) is 17.3 Å². The summed E-state index contributed by atoms with van der Waals surface area (Å²) in [4.78, 5) is 0. The van der Waals surface area contributed by atoms with Crippen LogP contribution in [0.25, 0.3) is 0 Å². The van der Waals surface area contributed by atoms with Crippen molar-refractivity contribution < 1.29 is 8.42 Å². The molecule has 0 unspecified atom stereocenters. The normalized spacial score (nSPS) is 22.5. The molecule has 1 aromatic carbocycles. The molecule has 88 valence electrons. The summed E-state index contributed by atoms with van der Waals surface area (Å²) in [6.07, 6.45) is 1.24. The summed E-state index contributed by atoms with van der Waals surface area (Å²) in [6, 6.07) is 7.39. The highest BCUT2D eigenvalue weighted by molar-refractivity contribution is 8.00. The standard InChI is InChI=1S/C10H12ClNO2S2/c1-16(13,14)12-6-7-15-10(12)8-4-2-3-5-9(8)11/h2-5,10H,6-7H2,1H3/t10-/m1/s1. The molecule has 1 fully saturated rings. The molecule has 0 radical (unpaired) electrons. The second-order valence-corrected chi connectivity index (χ2v) is 7.15. The summed E-state index contributed by atoms with van der Waals surface area (Å²) in [6.45, 7) is 0.555. The van der Waals surface area contributed by atoms with E-state index < -0.39 is 10.0 Å². The number of sulfonamides is 1. The van der Waals surface area contributed by atoms with Gasteiger partial charge in [-0.15, -0.1) is 11.8 Å². The van der Waals surface area contributed by atoms with Crippen molar-refractivity contribution in [1.29, 1.82) is 0 Å². The van der Waals surface area contributed by atoms with Gasteiger partial charge in [0.25, 0.3) is 0 Å². The fourth-order valence-electron chi connectivity index (χ4n) is 1.71. The molecule has 0 aromatic heterocycles. The minimum atomic E-state index is -3.16. The Bertz CT molecular complexity index is 489. The average molecular weight is 278 g/mol. The second kappa shape index (κ2) is 4.56. The fourth-order valence-corrected chi connectivity index (χ4v) is 4.85. The number of halogens is 1. The molecule has 1 saturated heterocycles. The Labute approximate surface area is 105 Å². The van der Waals surface area contributed by atoms with E-state index in [-0.39, 0.29) is 5.37 Å². The summed E-state index contributed by atoms with van der Waals surface area (Å²) >= 11 is 7.69. The Morgan fingerprint density at radius 2 is 2.12 bits per heavy atom. The van der Waals surface area contributed by atoms with Crippen molar-refractivity contribution in [2.24, 2.45) is 0 Å². The van der Waals surface area contributed by atoms with Crippen LogP contribution in [0.5, 0.6) is 0 Å². The van der Waals surface area contributed by atoms with Crippen molar-refractivity contribution in [3.63, 3.8) is 0 Å². The number of rotatable bonds is 2. The highest BCUT2D eigenvalue weighted by Crippen LogP contribution is 2.41. The van der Waals surface area contributed by atoms with Gasteiger partial charge in [-0.1, -0.05) is 29.8 Å². The molecule has 2 rings (SSSR count). The number of hydrogen-bond acceptors (Lipinski definition) is 3. The minimum absolute atomic E-state index is 0.177. The predicted octanol–water partition coefficient (Wildman–Crippen LogP) is 2.35. The maximum atomic E-state index is 11.6. The second-order valence-electron chi connectivity index (χ2n) is 3.62. The quantitative estimate of drug-likeness (QED) is 0.833. The highest BCUT2D eigenvalue weighted by Gasteiger charge is 2.34. The van der Waals surface area contributed by atoms with Crippen molar-refractivity contribution in [2.45, 2.75) is 5.37 Å². The van der Waals surface area contributed by atoms with Crippen molar-refractivity contribution in [3.8, 4) is 0 Å². The molecular formula is C10H12ClNO2S2. The summed E-state index contributed by atoms with van der Waals surface area (Å²) in [7, 11) is -3.16. The van der Waals surface area contributed by atoms with Crippen molar-refractivity contribution in [1.82, 2.24) is 4.31 Å². The highest BCUT2D eigenvalue weighted by atomic mass is 35.5. The first-order valence-corrected chi connectivity index (χ1v) is 8.10. The van der Waals surface area contributed by atoms with Crippen LogP contribution in [0.2, 0.25) is 5.02 Å². The van der Waals surface area contributed by atoms with E-state index in [1.54, 1.807) is 17.8 Å². The lowest BCUT2D eigenvalue weighted by atomic mass is 10.2. The van der Waals surface area contributed by atoms with Gasteiger partial charge in [0.05, 0.1) is 11.6 Å². The van der Waals surface area contributed by atoms with Gasteiger partial charge in [0.1, 0.15) is 0 Å². The van der Waals surface area contributed by atoms with E-state index in [4.69, 9.17) is 11.6 Å².